The summed E-state index contributed by atoms with van der Waals surface area (Å²) >= 11 is 0. The summed E-state index contributed by atoms with van der Waals surface area (Å²) in [6, 6.07) is 7.85. The van der Waals surface area contributed by atoms with E-state index in [2.05, 4.69) is 4.98 Å². The van der Waals surface area contributed by atoms with Crippen molar-refractivity contribution in [3.8, 4) is 0 Å². The van der Waals surface area contributed by atoms with Crippen LogP contribution in [0.1, 0.15) is 21.6 Å². The van der Waals surface area contributed by atoms with Crippen LogP contribution in [-0.4, -0.2) is 40.1 Å². The summed E-state index contributed by atoms with van der Waals surface area (Å²) in [6.07, 6.45) is -0.375. The molecule has 1 N–H and O–H groups in total. The van der Waals surface area contributed by atoms with Crippen molar-refractivity contribution in [2.75, 3.05) is 13.1 Å². The van der Waals surface area contributed by atoms with Gasteiger partial charge in [0.25, 0.3) is 5.91 Å². The van der Waals surface area contributed by atoms with Gasteiger partial charge in [0.2, 0.25) is 0 Å². The fourth-order valence-corrected chi connectivity index (χ4v) is 2.45. The Hall–Kier alpha value is -1.94. The molecule has 1 fully saturated rings. The second-order valence-corrected chi connectivity index (χ2v) is 5.13. The van der Waals surface area contributed by atoms with Gasteiger partial charge in [0, 0.05) is 18.5 Å². The average molecular weight is 256 g/mol. The Bertz CT molecular complexity index is 660. The Kier molecular flexibility index (Phi) is 2.75. The van der Waals surface area contributed by atoms with Crippen LogP contribution < -0.4 is 0 Å². The van der Waals surface area contributed by atoms with Crippen molar-refractivity contribution in [3.05, 3.63) is 41.1 Å². The predicted octanol–water partition coefficient (Wildman–Crippen LogP) is 1.67. The van der Waals surface area contributed by atoms with Crippen LogP contribution in [0.2, 0.25) is 0 Å². The lowest BCUT2D eigenvalue weighted by Crippen LogP contribution is -2.53. The van der Waals surface area contributed by atoms with Gasteiger partial charge >= 0.3 is 0 Å². The predicted molar refractivity (Wildman–Crippen MR) is 73.1 cm³/mol. The molecule has 0 atom stereocenters. The zero-order valence-corrected chi connectivity index (χ0v) is 11.1. The molecule has 1 aromatic heterocycles. The Morgan fingerprint density at radius 3 is 2.79 bits per heavy atom. The van der Waals surface area contributed by atoms with Crippen LogP contribution in [0, 0.1) is 13.8 Å². The van der Waals surface area contributed by atoms with Gasteiger partial charge in [0.05, 0.1) is 22.9 Å². The van der Waals surface area contributed by atoms with Crippen LogP contribution >= 0.6 is 0 Å². The van der Waals surface area contributed by atoms with Gasteiger partial charge in [-0.05, 0) is 25.5 Å². The molecule has 0 radical (unpaired) electrons. The monoisotopic (exact) mass is 256 g/mol. The molecule has 1 amide bonds. The molecule has 0 bridgehead atoms. The second kappa shape index (κ2) is 4.31. The molecule has 2 heterocycles. The number of aliphatic hydroxyl groups is 1. The number of hydrogen-bond acceptors (Lipinski definition) is 3. The van der Waals surface area contributed by atoms with Crippen LogP contribution in [-0.2, 0) is 0 Å². The first kappa shape index (κ1) is 12.1. The highest BCUT2D eigenvalue weighted by molar-refractivity contribution is 5.99. The maximum absolute atomic E-state index is 12.3. The third kappa shape index (κ3) is 1.98. The number of benzene rings is 1. The third-order valence-corrected chi connectivity index (χ3v) is 3.62. The molecule has 0 spiro atoms. The lowest BCUT2D eigenvalue weighted by Gasteiger charge is -2.36. The molecule has 1 aromatic carbocycles. The molecule has 0 unspecified atom stereocenters. The standard InChI is InChI=1S/C15H16N2O2/c1-9-4-3-5-11-6-13(10(2)16-14(9)11)15(19)17-7-12(18)8-17/h3-6,12,18H,7-8H2,1-2H3. The number of carbonyl (C=O) groups excluding carboxylic acids is 1. The summed E-state index contributed by atoms with van der Waals surface area (Å²) in [5.41, 5.74) is 3.43. The summed E-state index contributed by atoms with van der Waals surface area (Å²) < 4.78 is 0. The number of amides is 1. The molecular weight excluding hydrogens is 240 g/mol. The molecular formula is C15H16N2O2. The van der Waals surface area contributed by atoms with E-state index < -0.39 is 0 Å². The van der Waals surface area contributed by atoms with Crippen molar-refractivity contribution >= 4 is 16.8 Å². The smallest absolute Gasteiger partial charge is 0.255 e. The zero-order valence-electron chi connectivity index (χ0n) is 11.1. The Morgan fingerprint density at radius 1 is 1.37 bits per heavy atom. The minimum atomic E-state index is -0.375. The largest absolute Gasteiger partial charge is 0.389 e. The minimum Gasteiger partial charge on any atom is -0.389 e. The third-order valence-electron chi connectivity index (χ3n) is 3.62. The maximum Gasteiger partial charge on any atom is 0.255 e. The minimum absolute atomic E-state index is 0.0429. The van der Waals surface area contributed by atoms with Crippen LogP contribution in [0.15, 0.2) is 24.3 Å². The van der Waals surface area contributed by atoms with E-state index in [0.717, 1.165) is 22.2 Å². The van der Waals surface area contributed by atoms with E-state index in [9.17, 15) is 9.90 Å². The van der Waals surface area contributed by atoms with Gasteiger partial charge in [-0.15, -0.1) is 0 Å². The van der Waals surface area contributed by atoms with Crippen molar-refractivity contribution in [1.29, 1.82) is 0 Å². The van der Waals surface area contributed by atoms with Gasteiger partial charge in [-0.1, -0.05) is 18.2 Å². The van der Waals surface area contributed by atoms with E-state index in [0.29, 0.717) is 18.7 Å². The van der Waals surface area contributed by atoms with Gasteiger partial charge in [0.1, 0.15) is 0 Å². The van der Waals surface area contributed by atoms with Gasteiger partial charge in [-0.2, -0.15) is 0 Å². The van der Waals surface area contributed by atoms with Crippen molar-refractivity contribution in [2.24, 2.45) is 0 Å². The van der Waals surface area contributed by atoms with Gasteiger partial charge < -0.3 is 10.0 Å². The fraction of sp³-hybridized carbons (Fsp3) is 0.333. The molecule has 19 heavy (non-hydrogen) atoms. The number of rotatable bonds is 1. The fourth-order valence-electron chi connectivity index (χ4n) is 2.45. The number of aliphatic hydroxyl groups excluding tert-OH is 1. The van der Waals surface area contributed by atoms with Crippen molar-refractivity contribution < 1.29 is 9.90 Å². The van der Waals surface area contributed by atoms with E-state index in [1.807, 2.05) is 38.1 Å². The SMILES string of the molecule is Cc1nc2c(C)cccc2cc1C(=O)N1CC(O)C1. The molecule has 98 valence electrons. The Balaban J connectivity index is 2.04. The van der Waals surface area contributed by atoms with Crippen molar-refractivity contribution in [1.82, 2.24) is 9.88 Å². The van der Waals surface area contributed by atoms with Crippen LogP contribution in [0.5, 0.6) is 0 Å². The molecule has 0 saturated carbocycles. The number of fused-ring (bicyclic) bond motifs is 1. The first-order chi connectivity index (χ1) is 9.06. The lowest BCUT2D eigenvalue weighted by atomic mass is 10.0. The van der Waals surface area contributed by atoms with Crippen LogP contribution in [0.25, 0.3) is 10.9 Å². The summed E-state index contributed by atoms with van der Waals surface area (Å²) in [7, 11) is 0. The highest BCUT2D eigenvalue weighted by Crippen LogP contribution is 2.22. The molecule has 4 heteroatoms. The first-order valence-electron chi connectivity index (χ1n) is 6.40. The molecule has 1 aliphatic rings. The second-order valence-electron chi connectivity index (χ2n) is 5.13. The Labute approximate surface area is 111 Å². The van der Waals surface area contributed by atoms with Crippen LogP contribution in [0.4, 0.5) is 0 Å². The molecule has 1 aliphatic heterocycles. The number of carbonyl (C=O) groups is 1. The lowest BCUT2D eigenvalue weighted by molar-refractivity contribution is 0.00582. The number of hydrogen-bond donors (Lipinski definition) is 1. The number of β-amino-alcohol motifs (C(OH)–C–C–N with tert-alkyl or cyclic N) is 1. The molecule has 0 aliphatic carbocycles. The number of aromatic nitrogens is 1. The molecule has 1 saturated heterocycles. The number of pyridine rings is 1. The first-order valence-corrected chi connectivity index (χ1v) is 6.40. The van der Waals surface area contributed by atoms with Gasteiger partial charge in [0.15, 0.2) is 0 Å². The highest BCUT2D eigenvalue weighted by Gasteiger charge is 2.30. The normalized spacial score (nSPS) is 15.6. The molecule has 3 rings (SSSR count). The highest BCUT2D eigenvalue weighted by atomic mass is 16.3. The topological polar surface area (TPSA) is 53.4 Å². The number of nitrogens with zero attached hydrogens (tertiary/aromatic N) is 2. The Morgan fingerprint density at radius 2 is 2.11 bits per heavy atom. The zero-order chi connectivity index (χ0) is 13.6. The van der Waals surface area contributed by atoms with Gasteiger partial charge in [-0.25, -0.2) is 0 Å². The maximum atomic E-state index is 12.3. The number of likely N-dealkylation sites (tertiary alicyclic amines) is 1. The number of para-hydroxylation sites is 1. The van der Waals surface area contributed by atoms with E-state index >= 15 is 0 Å². The van der Waals surface area contributed by atoms with Crippen molar-refractivity contribution in [3.63, 3.8) is 0 Å². The van der Waals surface area contributed by atoms with Crippen molar-refractivity contribution in [2.45, 2.75) is 20.0 Å². The van der Waals surface area contributed by atoms with E-state index in [-0.39, 0.29) is 12.0 Å². The molecule has 2 aromatic rings. The quantitative estimate of drug-likeness (QED) is 0.844. The summed E-state index contributed by atoms with van der Waals surface area (Å²) in [5, 5.41) is 10.3. The molecule has 4 nitrogen and oxygen atoms in total. The summed E-state index contributed by atoms with van der Waals surface area (Å²) in [4.78, 5) is 18.5. The van der Waals surface area contributed by atoms with E-state index in [4.69, 9.17) is 0 Å². The summed E-state index contributed by atoms with van der Waals surface area (Å²) in [5.74, 6) is -0.0429. The van der Waals surface area contributed by atoms with Crippen LogP contribution in [0.3, 0.4) is 0 Å². The summed E-state index contributed by atoms with van der Waals surface area (Å²) in [6.45, 7) is 4.71. The number of aryl methyl sites for hydroxylation is 2. The van der Waals surface area contributed by atoms with Gasteiger partial charge in [-0.3, -0.25) is 9.78 Å². The van der Waals surface area contributed by atoms with E-state index in [1.54, 1.807) is 4.90 Å². The van der Waals surface area contributed by atoms with E-state index in [1.165, 1.54) is 0 Å². The average Bonchev–Trinajstić information content (AvgIpc) is 2.35.